The van der Waals surface area contributed by atoms with E-state index in [0.29, 0.717) is 19.0 Å². The first kappa shape index (κ1) is 11.7. The van der Waals surface area contributed by atoms with E-state index in [1.165, 1.54) is 0 Å². The number of nitrogens with two attached hydrogens (primary N) is 1. The van der Waals surface area contributed by atoms with Crippen molar-refractivity contribution in [2.24, 2.45) is 5.73 Å². The Bertz CT molecular complexity index is 293. The van der Waals surface area contributed by atoms with E-state index in [1.54, 1.807) is 12.4 Å². The summed E-state index contributed by atoms with van der Waals surface area (Å²) in [6.07, 6.45) is 4.28. The molecular weight excluding hydrogens is 192 g/mol. The molecule has 1 rings (SSSR count). The van der Waals surface area contributed by atoms with E-state index in [0.717, 1.165) is 18.8 Å². The molecule has 15 heavy (non-hydrogen) atoms. The minimum Gasteiger partial charge on any atom is -0.477 e. The Morgan fingerprint density at radius 3 is 2.93 bits per heavy atom. The van der Waals surface area contributed by atoms with Crippen LogP contribution in [0.25, 0.3) is 0 Å². The molecule has 84 valence electrons. The Morgan fingerprint density at radius 1 is 1.47 bits per heavy atom. The lowest BCUT2D eigenvalue weighted by Crippen LogP contribution is -2.22. The second kappa shape index (κ2) is 6.19. The molecule has 0 saturated carbocycles. The molecule has 0 radical (unpaired) electrons. The van der Waals surface area contributed by atoms with Crippen molar-refractivity contribution in [3.63, 3.8) is 0 Å². The van der Waals surface area contributed by atoms with E-state index in [-0.39, 0.29) is 0 Å². The highest BCUT2D eigenvalue weighted by Gasteiger charge is 2.03. The van der Waals surface area contributed by atoms with Gasteiger partial charge in [-0.05, 0) is 19.9 Å². The van der Waals surface area contributed by atoms with Crippen molar-refractivity contribution < 1.29 is 4.74 Å². The average molecular weight is 210 g/mol. The third-order valence-corrected chi connectivity index (χ3v) is 1.98. The maximum atomic E-state index is 5.45. The predicted octanol–water partition coefficient (Wildman–Crippen LogP) is 0.660. The van der Waals surface area contributed by atoms with Crippen molar-refractivity contribution >= 4 is 5.82 Å². The minimum absolute atomic E-state index is 0.564. The van der Waals surface area contributed by atoms with Gasteiger partial charge in [0.2, 0.25) is 5.88 Å². The first-order valence-electron chi connectivity index (χ1n) is 5.14. The lowest BCUT2D eigenvalue weighted by atomic mass is 10.4. The van der Waals surface area contributed by atoms with Gasteiger partial charge in [-0.25, -0.2) is 0 Å². The molecule has 5 heteroatoms. The summed E-state index contributed by atoms with van der Waals surface area (Å²) in [5.74, 6) is 1.38. The Kier molecular flexibility index (Phi) is 4.83. The molecule has 0 aliphatic carbocycles. The number of ether oxygens (including phenoxy) is 1. The summed E-state index contributed by atoms with van der Waals surface area (Å²) >= 11 is 0. The van der Waals surface area contributed by atoms with Gasteiger partial charge >= 0.3 is 0 Å². The van der Waals surface area contributed by atoms with Gasteiger partial charge < -0.3 is 15.4 Å². The molecule has 0 unspecified atom stereocenters. The van der Waals surface area contributed by atoms with Gasteiger partial charge in [-0.1, -0.05) is 0 Å². The van der Waals surface area contributed by atoms with Gasteiger partial charge in [-0.2, -0.15) is 4.98 Å². The van der Waals surface area contributed by atoms with Gasteiger partial charge in [0.15, 0.2) is 5.82 Å². The predicted molar refractivity (Wildman–Crippen MR) is 60.1 cm³/mol. The summed E-state index contributed by atoms with van der Waals surface area (Å²) in [6, 6.07) is 0. The Hall–Kier alpha value is -1.36. The van der Waals surface area contributed by atoms with E-state index >= 15 is 0 Å². The van der Waals surface area contributed by atoms with Gasteiger partial charge in [0.25, 0.3) is 0 Å². The normalized spacial score (nSPS) is 10.1. The maximum absolute atomic E-state index is 5.45. The van der Waals surface area contributed by atoms with Crippen molar-refractivity contribution in [2.75, 3.05) is 31.6 Å². The zero-order chi connectivity index (χ0) is 11.1. The highest BCUT2D eigenvalue weighted by molar-refractivity contribution is 5.36. The Morgan fingerprint density at radius 2 is 2.27 bits per heavy atom. The molecule has 2 N–H and O–H groups in total. The van der Waals surface area contributed by atoms with E-state index in [1.807, 2.05) is 18.9 Å². The van der Waals surface area contributed by atoms with Crippen LogP contribution >= 0.6 is 0 Å². The van der Waals surface area contributed by atoms with Crippen molar-refractivity contribution in [1.29, 1.82) is 0 Å². The highest BCUT2D eigenvalue weighted by atomic mass is 16.5. The van der Waals surface area contributed by atoms with Gasteiger partial charge in [-0.3, -0.25) is 4.98 Å². The first-order valence-corrected chi connectivity index (χ1v) is 5.14. The average Bonchev–Trinajstić information content (AvgIpc) is 2.27. The molecule has 0 aromatic carbocycles. The van der Waals surface area contributed by atoms with Gasteiger partial charge in [-0.15, -0.1) is 0 Å². The Balaban J connectivity index is 2.62. The first-order chi connectivity index (χ1) is 7.27. The van der Waals surface area contributed by atoms with Gasteiger partial charge in [0, 0.05) is 13.6 Å². The highest BCUT2D eigenvalue weighted by Crippen LogP contribution is 2.12. The second-order valence-electron chi connectivity index (χ2n) is 3.21. The van der Waals surface area contributed by atoms with E-state index in [4.69, 9.17) is 10.5 Å². The van der Waals surface area contributed by atoms with Crippen LogP contribution in [0.4, 0.5) is 5.82 Å². The zero-order valence-electron chi connectivity index (χ0n) is 9.31. The van der Waals surface area contributed by atoms with Gasteiger partial charge in [0.1, 0.15) is 0 Å². The van der Waals surface area contributed by atoms with Crippen molar-refractivity contribution in [1.82, 2.24) is 9.97 Å². The molecule has 0 atom stereocenters. The van der Waals surface area contributed by atoms with Crippen molar-refractivity contribution in [3.05, 3.63) is 12.4 Å². The topological polar surface area (TPSA) is 64.3 Å². The smallest absolute Gasteiger partial charge is 0.234 e. The van der Waals surface area contributed by atoms with Crippen molar-refractivity contribution in [3.8, 4) is 5.88 Å². The van der Waals surface area contributed by atoms with Crippen LogP contribution in [0.15, 0.2) is 12.4 Å². The number of rotatable bonds is 6. The largest absolute Gasteiger partial charge is 0.477 e. The third-order valence-electron chi connectivity index (χ3n) is 1.98. The van der Waals surface area contributed by atoms with Crippen molar-refractivity contribution in [2.45, 2.75) is 13.3 Å². The van der Waals surface area contributed by atoms with E-state index < -0.39 is 0 Å². The van der Waals surface area contributed by atoms with Crippen LogP contribution in [0.5, 0.6) is 5.88 Å². The molecule has 0 saturated heterocycles. The molecule has 5 nitrogen and oxygen atoms in total. The number of hydrogen-bond donors (Lipinski definition) is 1. The summed E-state index contributed by atoms with van der Waals surface area (Å²) in [5, 5.41) is 0. The fourth-order valence-corrected chi connectivity index (χ4v) is 1.18. The molecule has 1 aromatic heterocycles. The molecule has 0 aliphatic heterocycles. The summed E-state index contributed by atoms with van der Waals surface area (Å²) in [7, 11) is 1.97. The van der Waals surface area contributed by atoms with Gasteiger partial charge in [0.05, 0.1) is 19.0 Å². The molecule has 0 fully saturated rings. The summed E-state index contributed by atoms with van der Waals surface area (Å²) in [5.41, 5.74) is 5.45. The SMILES string of the molecule is CCOc1cncc(N(C)CCCN)n1. The molecule has 0 aliphatic rings. The quantitative estimate of drug-likeness (QED) is 0.747. The van der Waals surface area contributed by atoms with Crippen LogP contribution in [0, 0.1) is 0 Å². The number of hydrogen-bond acceptors (Lipinski definition) is 5. The molecule has 0 spiro atoms. The molecular formula is C10H18N4O. The molecule has 0 amide bonds. The number of anilines is 1. The fourth-order valence-electron chi connectivity index (χ4n) is 1.18. The second-order valence-corrected chi connectivity index (χ2v) is 3.21. The molecule has 1 heterocycles. The summed E-state index contributed by atoms with van der Waals surface area (Å²) < 4.78 is 5.28. The third kappa shape index (κ3) is 3.71. The monoisotopic (exact) mass is 210 g/mol. The minimum atomic E-state index is 0.564. The van der Waals surface area contributed by atoms with Crippen LogP contribution in [-0.4, -0.2) is 36.7 Å². The molecule has 0 bridgehead atoms. The number of aromatic nitrogens is 2. The van der Waals surface area contributed by atoms with Crippen LogP contribution in [-0.2, 0) is 0 Å². The lowest BCUT2D eigenvalue weighted by molar-refractivity contribution is 0.325. The zero-order valence-corrected chi connectivity index (χ0v) is 9.31. The summed E-state index contributed by atoms with van der Waals surface area (Å²) in [6.45, 7) is 4.08. The molecule has 1 aromatic rings. The van der Waals surface area contributed by atoms with Crippen LogP contribution < -0.4 is 15.4 Å². The summed E-state index contributed by atoms with van der Waals surface area (Å²) in [4.78, 5) is 10.4. The standard InChI is InChI=1S/C10H18N4O/c1-3-15-10-8-12-7-9(13-10)14(2)6-4-5-11/h7-8H,3-6,11H2,1-2H3. The lowest BCUT2D eigenvalue weighted by Gasteiger charge is -2.17. The Labute approximate surface area is 90.3 Å². The fraction of sp³-hybridized carbons (Fsp3) is 0.600. The van der Waals surface area contributed by atoms with Crippen LogP contribution in [0.1, 0.15) is 13.3 Å². The van der Waals surface area contributed by atoms with E-state index in [2.05, 4.69) is 9.97 Å². The maximum Gasteiger partial charge on any atom is 0.234 e. The van der Waals surface area contributed by atoms with E-state index in [9.17, 15) is 0 Å². The van der Waals surface area contributed by atoms with Crippen LogP contribution in [0.3, 0.4) is 0 Å². The number of nitrogens with zero attached hydrogens (tertiary/aromatic N) is 3. The van der Waals surface area contributed by atoms with Crippen LogP contribution in [0.2, 0.25) is 0 Å².